The maximum atomic E-state index is 11.4. The zero-order valence-electron chi connectivity index (χ0n) is 25.1. The summed E-state index contributed by atoms with van der Waals surface area (Å²) < 4.78 is 19.0. The Bertz CT molecular complexity index is 1860. The van der Waals surface area contributed by atoms with E-state index in [9.17, 15) is 10.1 Å². The number of nitro groups is 1. The van der Waals surface area contributed by atoms with Gasteiger partial charge in [-0.1, -0.05) is 6.07 Å². The highest BCUT2D eigenvalue weighted by molar-refractivity contribution is 7.80. The number of anilines is 1. The molecule has 0 bridgehead atoms. The van der Waals surface area contributed by atoms with Crippen molar-refractivity contribution in [1.82, 2.24) is 14.9 Å². The Hall–Kier alpha value is -5.42. The van der Waals surface area contributed by atoms with E-state index in [4.69, 9.17) is 26.4 Å². The van der Waals surface area contributed by atoms with Gasteiger partial charge in [-0.2, -0.15) is 0 Å². The second kappa shape index (κ2) is 12.3. The molecule has 0 saturated carbocycles. The summed E-state index contributed by atoms with van der Waals surface area (Å²) in [7, 11) is 3.14. The molecule has 45 heavy (non-hydrogen) atoms. The lowest BCUT2D eigenvalue weighted by molar-refractivity contribution is -0.384. The molecule has 0 spiro atoms. The number of hydrogen-bond acceptors (Lipinski definition) is 7. The van der Waals surface area contributed by atoms with Crippen molar-refractivity contribution in [2.75, 3.05) is 19.1 Å². The molecule has 2 atom stereocenters. The summed E-state index contributed by atoms with van der Waals surface area (Å²) in [5.74, 6) is 2.54. The smallest absolute Gasteiger partial charge is 0.273 e. The van der Waals surface area contributed by atoms with E-state index in [0.717, 1.165) is 34.1 Å². The molecule has 0 radical (unpaired) electrons. The topological polar surface area (TPSA) is 104 Å². The number of hydrogen-bond donors (Lipinski definition) is 1. The number of pyridine rings is 1. The number of thiocarbonyl (C=S) groups is 1. The predicted octanol–water partition coefficient (Wildman–Crippen LogP) is 7.38. The molecule has 1 aliphatic rings. The normalized spacial score (nSPS) is 15.9. The highest BCUT2D eigenvalue weighted by Gasteiger charge is 2.42. The van der Waals surface area contributed by atoms with Gasteiger partial charge in [-0.05, 0) is 104 Å². The number of rotatable bonds is 9. The number of ether oxygens (including phenoxy) is 3. The Morgan fingerprint density at radius 3 is 2.20 bits per heavy atom. The van der Waals surface area contributed by atoms with Crippen molar-refractivity contribution in [2.45, 2.75) is 25.9 Å². The molecule has 3 heterocycles. The fraction of sp³-hybridized carbons (Fsp3) is 0.176. The third-order valence-corrected chi connectivity index (χ3v) is 8.23. The lowest BCUT2D eigenvalue weighted by atomic mass is 9.96. The van der Waals surface area contributed by atoms with Crippen molar-refractivity contribution in [3.05, 3.63) is 130 Å². The van der Waals surface area contributed by atoms with E-state index in [1.807, 2.05) is 80.6 Å². The van der Waals surface area contributed by atoms with Crippen LogP contribution < -0.4 is 24.4 Å². The Balaban J connectivity index is 1.40. The molecule has 0 amide bonds. The van der Waals surface area contributed by atoms with Crippen LogP contribution in [0.25, 0.3) is 5.69 Å². The van der Waals surface area contributed by atoms with E-state index in [0.29, 0.717) is 28.0 Å². The van der Waals surface area contributed by atoms with Crippen LogP contribution in [0.2, 0.25) is 0 Å². The molecule has 11 heteroatoms. The Morgan fingerprint density at radius 2 is 1.58 bits per heavy atom. The van der Waals surface area contributed by atoms with Crippen LogP contribution >= 0.6 is 12.2 Å². The van der Waals surface area contributed by atoms with Crippen LogP contribution in [0.15, 0.2) is 97.2 Å². The number of benzene rings is 3. The second-order valence-electron chi connectivity index (χ2n) is 10.5. The van der Waals surface area contributed by atoms with Crippen molar-refractivity contribution < 1.29 is 19.1 Å². The van der Waals surface area contributed by atoms with Crippen molar-refractivity contribution >= 4 is 28.7 Å². The lowest BCUT2D eigenvalue weighted by Gasteiger charge is -2.28. The molecule has 5 aromatic rings. The first-order valence-electron chi connectivity index (χ1n) is 14.2. The van der Waals surface area contributed by atoms with E-state index in [1.54, 1.807) is 19.4 Å². The molecule has 1 saturated heterocycles. The zero-order chi connectivity index (χ0) is 31.7. The van der Waals surface area contributed by atoms with E-state index in [1.165, 1.54) is 19.2 Å². The molecule has 1 fully saturated rings. The average molecular weight is 622 g/mol. The zero-order valence-corrected chi connectivity index (χ0v) is 25.9. The predicted molar refractivity (Wildman–Crippen MR) is 176 cm³/mol. The van der Waals surface area contributed by atoms with Crippen LogP contribution in [0.3, 0.4) is 0 Å². The van der Waals surface area contributed by atoms with Gasteiger partial charge in [0.15, 0.2) is 5.11 Å². The van der Waals surface area contributed by atoms with Gasteiger partial charge in [-0.15, -0.1) is 0 Å². The summed E-state index contributed by atoms with van der Waals surface area (Å²) in [6.07, 6.45) is 1.77. The molecule has 1 N–H and O–H groups in total. The SMILES string of the molecule is COc1ccc(Oc2ccc(N3C(=S)N[C@H](c4ccccn4)[C@@H]3c3cc(C)n(-c4ccc([N+](=O)[O-])cc4OC)c3C)cc2)cc1. The molecule has 0 unspecified atom stereocenters. The van der Waals surface area contributed by atoms with E-state index < -0.39 is 4.92 Å². The standard InChI is InChI=1S/C34H31N5O5S/c1-21-19-28(22(2)37(21)30-17-10-24(39(40)41)20-31(30)43-4)33-32(29-7-5-6-18-35-29)36-34(45)38(33)23-8-11-26(12-9-23)44-27-15-13-25(42-3)14-16-27/h5-20,32-33H,1-4H3,(H,36,45)/t32-,33+/m1/s1. The Kier molecular flexibility index (Phi) is 8.10. The summed E-state index contributed by atoms with van der Waals surface area (Å²) >= 11 is 5.95. The first-order chi connectivity index (χ1) is 21.8. The number of nitro benzene ring substituents is 1. The maximum absolute atomic E-state index is 11.4. The van der Waals surface area contributed by atoms with E-state index in [-0.39, 0.29) is 17.8 Å². The summed E-state index contributed by atoms with van der Waals surface area (Å²) in [4.78, 5) is 17.8. The molecular formula is C34H31N5O5S. The van der Waals surface area contributed by atoms with E-state index in [2.05, 4.69) is 25.8 Å². The quantitative estimate of drug-likeness (QED) is 0.103. The molecule has 6 rings (SSSR count). The highest BCUT2D eigenvalue weighted by Crippen LogP contribution is 2.45. The first-order valence-corrected chi connectivity index (χ1v) is 14.6. The highest BCUT2D eigenvalue weighted by atomic mass is 32.1. The van der Waals surface area contributed by atoms with Crippen molar-refractivity contribution in [2.24, 2.45) is 0 Å². The maximum Gasteiger partial charge on any atom is 0.273 e. The van der Waals surface area contributed by atoms with Gasteiger partial charge in [-0.3, -0.25) is 15.1 Å². The molecule has 1 aliphatic heterocycles. The minimum atomic E-state index is -0.430. The van der Waals surface area contributed by atoms with Gasteiger partial charge in [0.05, 0.1) is 48.7 Å². The first kappa shape index (κ1) is 29.6. The van der Waals surface area contributed by atoms with Crippen molar-refractivity contribution in [1.29, 1.82) is 0 Å². The van der Waals surface area contributed by atoms with Crippen LogP contribution in [0.1, 0.15) is 34.7 Å². The van der Waals surface area contributed by atoms with Gasteiger partial charge in [0.25, 0.3) is 5.69 Å². The fourth-order valence-corrected chi connectivity index (χ4v) is 6.17. The van der Waals surface area contributed by atoms with Gasteiger partial charge in [0, 0.05) is 29.3 Å². The monoisotopic (exact) mass is 621 g/mol. The van der Waals surface area contributed by atoms with Crippen LogP contribution in [0.4, 0.5) is 11.4 Å². The van der Waals surface area contributed by atoms with Crippen LogP contribution in [-0.4, -0.2) is 33.8 Å². The summed E-state index contributed by atoms with van der Waals surface area (Å²) in [6.45, 7) is 4.04. The molecule has 0 aliphatic carbocycles. The number of aromatic nitrogens is 2. The number of non-ortho nitro benzene ring substituents is 1. The van der Waals surface area contributed by atoms with Gasteiger partial charge >= 0.3 is 0 Å². The fourth-order valence-electron chi connectivity index (χ4n) is 5.83. The minimum absolute atomic E-state index is 0.0376. The Morgan fingerprint density at radius 1 is 0.889 bits per heavy atom. The Labute approximate surface area is 266 Å². The van der Waals surface area contributed by atoms with Crippen LogP contribution in [0.5, 0.6) is 23.0 Å². The van der Waals surface area contributed by atoms with Crippen molar-refractivity contribution in [3.8, 4) is 28.7 Å². The van der Waals surface area contributed by atoms with Gasteiger partial charge in [0.1, 0.15) is 23.0 Å². The van der Waals surface area contributed by atoms with Crippen LogP contribution in [-0.2, 0) is 0 Å². The summed E-state index contributed by atoms with van der Waals surface area (Å²) in [5, 5.41) is 15.5. The minimum Gasteiger partial charge on any atom is -0.497 e. The summed E-state index contributed by atoms with van der Waals surface area (Å²) in [6, 6.07) is 27.3. The third kappa shape index (κ3) is 5.65. The summed E-state index contributed by atoms with van der Waals surface area (Å²) in [5.41, 5.74) is 5.31. The number of nitrogens with zero attached hydrogens (tertiary/aromatic N) is 4. The molecular weight excluding hydrogens is 590 g/mol. The van der Waals surface area contributed by atoms with Gasteiger partial charge in [-0.25, -0.2) is 0 Å². The van der Waals surface area contributed by atoms with Crippen molar-refractivity contribution in [3.63, 3.8) is 0 Å². The molecule has 228 valence electrons. The van der Waals surface area contributed by atoms with Gasteiger partial charge in [0.2, 0.25) is 0 Å². The number of aryl methyl sites for hydroxylation is 1. The third-order valence-electron chi connectivity index (χ3n) is 7.91. The lowest BCUT2D eigenvalue weighted by Crippen LogP contribution is -2.29. The number of methoxy groups -OCH3 is 2. The van der Waals surface area contributed by atoms with Crippen LogP contribution in [0, 0.1) is 24.0 Å². The van der Waals surface area contributed by atoms with E-state index >= 15 is 0 Å². The number of nitrogens with one attached hydrogen (secondary N) is 1. The second-order valence-corrected chi connectivity index (χ2v) is 10.9. The largest absolute Gasteiger partial charge is 0.497 e. The average Bonchev–Trinajstić information content (AvgIpc) is 3.56. The molecule has 2 aromatic heterocycles. The molecule has 3 aromatic carbocycles. The molecule has 10 nitrogen and oxygen atoms in total. The van der Waals surface area contributed by atoms with Gasteiger partial charge < -0.3 is 29.0 Å².